The summed E-state index contributed by atoms with van der Waals surface area (Å²) in [6.07, 6.45) is -14.9. The van der Waals surface area contributed by atoms with Crippen LogP contribution in [-0.4, -0.2) is 360 Å². The molecule has 0 aromatic heterocycles. The van der Waals surface area contributed by atoms with Crippen molar-refractivity contribution < 1.29 is 137 Å². The Kier molecular flexibility index (Phi) is 42.2. The highest BCUT2D eigenvalue weighted by atomic mass is 16.7. The molecule has 6 aliphatic rings. The molecular formula is C92H164N6O29. The number of aliphatic hydroxyl groups excluding tert-OH is 6. The third-order valence-electron chi connectivity index (χ3n) is 28.4. The number of likely N-dealkylation sites (N-methyl/N-ethyl adjacent to an activating group) is 4. The lowest BCUT2D eigenvalue weighted by Gasteiger charge is -2.49. The number of methoxy groups -OCH3 is 2. The highest BCUT2D eigenvalue weighted by Crippen LogP contribution is 2.44. The van der Waals surface area contributed by atoms with E-state index in [0.717, 1.165) is 5.56 Å². The van der Waals surface area contributed by atoms with Crippen LogP contribution in [0.4, 0.5) is 5.69 Å². The lowest BCUT2D eigenvalue weighted by Crippen LogP contribution is -2.60. The maximum atomic E-state index is 14.4. The molecule has 35 heteroatoms. The number of non-ortho nitro benzene ring substituents is 1. The predicted octanol–water partition coefficient (Wildman–Crippen LogP) is 6.23. The summed E-state index contributed by atoms with van der Waals surface area (Å²) in [7, 11) is 10.4. The van der Waals surface area contributed by atoms with Crippen molar-refractivity contribution in [1.29, 1.82) is 0 Å². The Hall–Kier alpha value is -4.46. The first kappa shape index (κ1) is 111. The fraction of sp³-hybridized carbons (Fsp3) is 0.891. The van der Waals surface area contributed by atoms with Gasteiger partial charge in [-0.3, -0.25) is 29.3 Å². The second-order valence-electron chi connectivity index (χ2n) is 39.7. The van der Waals surface area contributed by atoms with Crippen LogP contribution < -0.4 is 5.32 Å². The minimum absolute atomic E-state index is 0.0144. The molecular weight excluding hydrogens is 1650 g/mol. The number of unbranched alkanes of at least 4 members (excludes halogenated alkanes) is 2. The van der Waals surface area contributed by atoms with Crippen LogP contribution in [0.1, 0.15) is 234 Å². The molecule has 0 saturated carbocycles. The molecule has 1 amide bonds. The van der Waals surface area contributed by atoms with Crippen molar-refractivity contribution in [2.24, 2.45) is 35.5 Å². The smallest absolute Gasteiger partial charge is 0.311 e. The monoisotopic (exact) mass is 1820 g/mol. The zero-order valence-corrected chi connectivity index (χ0v) is 80.8. The van der Waals surface area contributed by atoms with E-state index in [0.29, 0.717) is 84.1 Å². The van der Waals surface area contributed by atoms with Crippen molar-refractivity contribution in [3.8, 4) is 0 Å². The number of nitro benzene ring substituents is 1. The standard InChI is InChI=1S/C50H86N4O15.C42H78N2O14/c1-14-38-50(10,61)43(57)33(6)53(12)28-29(2)26-48(8,60)45(31(4)42(32(5)46(59)67-38)68-40-27-49(9,64-13)44(58)34(7)66-40)69-47-41(56)37(25-30(3)65-47)52(11)24-16-15-17-39(55)51-23-22-35-18-20-36(21-19-35)54(62)63;1-14-30-42(10,52)35(48)27(6)44(12)22-23(2)20-40(8,51)37(58-39-33(47)29(19-24(3)54-39)43(11)18-16-15-17-31(45)46)25(4)34(26(5)38(50)56-30)57-32-21-41(9,53-13)36(49)28(7)55-32/h18-21,29-34,37-38,40-45,47,56-58,60-61H,14-17,22-28H2,1-13H3,(H,51,55);23-30,32-37,39,47-49,51-52H,14-22H2,1-13H3,(H,45,46)/t29-,30-,31+,32-,33-,34+,37+,38-,40+,41-,42+,43-,44+,45-,47+,48-,49-,50-;23-,24-,25+,26-,27-,28+,29+,30-,32+,33-,34+,35-,36+,37-,39+,40-,41-,42-/m11/s1. The number of ether oxygens (including phenoxy) is 12. The largest absolute Gasteiger partial charge is 0.481 e. The van der Waals surface area contributed by atoms with E-state index in [1.54, 1.807) is 109 Å². The molecule has 1 aromatic carbocycles. The molecule has 127 heavy (non-hydrogen) atoms. The van der Waals surface area contributed by atoms with Gasteiger partial charge in [-0.25, -0.2) is 0 Å². The number of nitrogens with zero attached hydrogens (tertiary/aromatic N) is 5. The number of nitro groups is 1. The van der Waals surface area contributed by atoms with Crippen LogP contribution >= 0.6 is 0 Å². The number of carbonyl (C=O) groups is 4. The van der Waals surface area contributed by atoms with Crippen LogP contribution in [0.5, 0.6) is 0 Å². The number of aliphatic carboxylic acids is 1. The molecule has 0 radical (unpaired) electrons. The maximum absolute atomic E-state index is 14.4. The molecule has 736 valence electrons. The van der Waals surface area contributed by atoms with Crippen LogP contribution in [0.15, 0.2) is 24.3 Å². The van der Waals surface area contributed by atoms with Crippen molar-refractivity contribution in [2.45, 2.75) is 415 Å². The molecule has 35 nitrogen and oxygen atoms in total. The van der Waals surface area contributed by atoms with Crippen molar-refractivity contribution in [2.75, 3.05) is 75.1 Å². The Balaban J connectivity index is 0.000000398. The molecule has 6 fully saturated rings. The van der Waals surface area contributed by atoms with Gasteiger partial charge in [0.1, 0.15) is 60.0 Å². The number of esters is 2. The summed E-state index contributed by atoms with van der Waals surface area (Å²) in [6, 6.07) is 4.27. The summed E-state index contributed by atoms with van der Waals surface area (Å²) in [5, 5.41) is 141. The highest BCUT2D eigenvalue weighted by molar-refractivity contribution is 5.76. The maximum Gasteiger partial charge on any atom is 0.311 e. The average Bonchev–Trinajstić information content (AvgIpc) is 1.64. The van der Waals surface area contributed by atoms with Crippen LogP contribution in [-0.2, 0) is 82.4 Å². The fourth-order valence-electron chi connectivity index (χ4n) is 20.2. The first-order chi connectivity index (χ1) is 59.0. The van der Waals surface area contributed by atoms with Gasteiger partial charge in [0.2, 0.25) is 5.91 Å². The van der Waals surface area contributed by atoms with Gasteiger partial charge in [-0.15, -0.1) is 0 Å². The number of benzene rings is 1. The van der Waals surface area contributed by atoms with Gasteiger partial charge < -0.3 is 138 Å². The quantitative estimate of drug-likeness (QED) is 0.0191. The molecule has 7 rings (SSSR count). The zero-order chi connectivity index (χ0) is 95.8. The number of carbonyl (C=O) groups excluding carboxylic acids is 3. The van der Waals surface area contributed by atoms with Gasteiger partial charge in [-0.2, -0.15) is 0 Å². The zero-order valence-electron chi connectivity index (χ0n) is 80.8. The molecule has 6 heterocycles. The van der Waals surface area contributed by atoms with E-state index in [1.165, 1.54) is 40.2 Å². The van der Waals surface area contributed by atoms with E-state index in [4.69, 9.17) is 61.9 Å². The van der Waals surface area contributed by atoms with Gasteiger partial charge in [-0.1, -0.05) is 53.7 Å². The van der Waals surface area contributed by atoms with Crippen LogP contribution in [0.3, 0.4) is 0 Å². The first-order valence-electron chi connectivity index (χ1n) is 46.2. The topological polar surface area (TPSA) is 470 Å². The minimum Gasteiger partial charge on any atom is -0.481 e. The third kappa shape index (κ3) is 29.3. The fourth-order valence-corrected chi connectivity index (χ4v) is 20.2. The first-order valence-corrected chi connectivity index (χ1v) is 46.2. The van der Waals surface area contributed by atoms with E-state index in [2.05, 4.69) is 5.32 Å². The van der Waals surface area contributed by atoms with Gasteiger partial charge in [0.05, 0.1) is 88.0 Å². The van der Waals surface area contributed by atoms with Gasteiger partial charge in [0.15, 0.2) is 25.2 Å². The Labute approximate surface area is 754 Å². The van der Waals surface area contributed by atoms with E-state index in [-0.39, 0.29) is 80.6 Å². The number of hydrogen-bond donors (Lipinski definition) is 12. The van der Waals surface area contributed by atoms with E-state index in [9.17, 15) is 80.4 Å². The van der Waals surface area contributed by atoms with Crippen LogP contribution in [0.2, 0.25) is 0 Å². The van der Waals surface area contributed by atoms with Crippen LogP contribution in [0, 0.1) is 45.6 Å². The molecule has 0 bridgehead atoms. The SMILES string of the molecule is CC[C@H]1OC(=O)[C@H](C)[C@@H](O[C@H]2C[C@@](C)(OC)[C@@H](O)[C@H](C)O2)[C@H](C)[C@@H](O[C@@H]2O[C@H](C)C[C@H](N(C)CCCCC(=O)NCCc3ccc([N+](=O)[O-])cc3)[C@H]2O)[C@](C)(O)C[C@@H](C)CN(C)[C@H](C)[C@@H](O)[C@]1(C)O.CC[C@H]1OC(=O)[C@H](C)[C@@H](O[C@H]2C[C@@](C)(OC)[C@@H](O)[C@H](C)O2)[C@H](C)[C@@H](O[C@@H]2O[C@H](C)C[C@H](N(C)CCCCC(=O)O)[C@H]2O)[C@](C)(O)C[C@@H](C)CN(C)[C@H](C)[C@@H](O)[C@]1(C)O. The summed E-state index contributed by atoms with van der Waals surface area (Å²) in [4.78, 5) is 70.8. The minimum atomic E-state index is -1.84. The Bertz CT molecular complexity index is 3540. The van der Waals surface area contributed by atoms with E-state index in [1.807, 2.05) is 75.5 Å². The molecule has 12 N–H and O–H groups in total. The summed E-state index contributed by atoms with van der Waals surface area (Å²) in [6.45, 7) is 37.1. The average molecular weight is 1820 g/mol. The molecule has 0 aliphatic carbocycles. The lowest BCUT2D eigenvalue weighted by atomic mass is 9.77. The van der Waals surface area contributed by atoms with Gasteiger partial charge >= 0.3 is 17.9 Å². The Morgan fingerprint density at radius 2 is 0.921 bits per heavy atom. The lowest BCUT2D eigenvalue weighted by molar-refractivity contribution is -0.384. The summed E-state index contributed by atoms with van der Waals surface area (Å²) in [5.74, 6) is -6.56. The van der Waals surface area contributed by atoms with Crippen LogP contribution in [0.25, 0.3) is 0 Å². The van der Waals surface area contributed by atoms with E-state index < -0.39 is 215 Å². The molecule has 1 aromatic rings. The molecule has 0 spiro atoms. The number of aliphatic hydroxyl groups is 10. The number of carboxylic acids is 1. The second-order valence-corrected chi connectivity index (χ2v) is 39.7. The summed E-state index contributed by atoms with van der Waals surface area (Å²) in [5.41, 5.74) is -8.17. The molecule has 6 aliphatic heterocycles. The number of nitrogens with one attached hydrogen (secondary N) is 1. The third-order valence-corrected chi connectivity index (χ3v) is 28.4. The van der Waals surface area contributed by atoms with E-state index >= 15 is 0 Å². The normalized spacial score (nSPS) is 42.6. The summed E-state index contributed by atoms with van der Waals surface area (Å²) < 4.78 is 75.9. The number of cyclic esters (lactones) is 2. The summed E-state index contributed by atoms with van der Waals surface area (Å²) >= 11 is 0. The predicted molar refractivity (Wildman–Crippen MR) is 471 cm³/mol. The number of amides is 1. The number of hydrogen-bond acceptors (Lipinski definition) is 32. The number of carboxylic acid groups (broad SMARTS) is 1. The van der Waals surface area contributed by atoms with Crippen molar-refractivity contribution in [3.05, 3.63) is 39.9 Å². The van der Waals surface area contributed by atoms with Crippen molar-refractivity contribution >= 4 is 29.5 Å². The highest BCUT2D eigenvalue weighted by Gasteiger charge is 2.57. The Morgan fingerprint density at radius 1 is 0.551 bits per heavy atom. The number of rotatable bonds is 28. The molecule has 36 atom stereocenters. The molecule has 6 saturated heterocycles. The van der Waals surface area contributed by atoms with Crippen molar-refractivity contribution in [1.82, 2.24) is 24.9 Å². The molecule has 0 unspecified atom stereocenters. The van der Waals surface area contributed by atoms with Gasteiger partial charge in [0, 0.05) is 108 Å². The Morgan fingerprint density at radius 3 is 1.27 bits per heavy atom. The van der Waals surface area contributed by atoms with Crippen molar-refractivity contribution in [3.63, 3.8) is 0 Å². The second kappa shape index (κ2) is 48.1. The van der Waals surface area contributed by atoms with Gasteiger partial charge in [0.25, 0.3) is 5.69 Å². The van der Waals surface area contributed by atoms with Gasteiger partial charge in [-0.05, 0) is 226 Å².